The summed E-state index contributed by atoms with van der Waals surface area (Å²) in [5, 5.41) is 24.9. The van der Waals surface area contributed by atoms with Crippen LogP contribution in [0.15, 0.2) is 47.8 Å². The highest BCUT2D eigenvalue weighted by Crippen LogP contribution is 2.44. The highest BCUT2D eigenvalue weighted by molar-refractivity contribution is 7.13. The molecule has 0 radical (unpaired) electrons. The average molecular weight is 311 g/mol. The van der Waals surface area contributed by atoms with E-state index in [0.29, 0.717) is 11.8 Å². The lowest BCUT2D eigenvalue weighted by atomic mass is 9.84. The van der Waals surface area contributed by atoms with Crippen LogP contribution in [0.2, 0.25) is 0 Å². The molecule has 2 aliphatic heterocycles. The third-order valence-electron chi connectivity index (χ3n) is 4.55. The molecule has 0 spiro atoms. The quantitative estimate of drug-likeness (QED) is 0.632. The van der Waals surface area contributed by atoms with Crippen molar-refractivity contribution in [2.45, 2.75) is 11.8 Å². The van der Waals surface area contributed by atoms with Gasteiger partial charge in [-0.15, -0.1) is 11.3 Å². The first-order valence-corrected chi connectivity index (χ1v) is 8.31. The van der Waals surface area contributed by atoms with Gasteiger partial charge in [0.2, 0.25) is 0 Å². The van der Waals surface area contributed by atoms with Crippen molar-refractivity contribution in [2.24, 2.45) is 0 Å². The van der Waals surface area contributed by atoms with Crippen LogP contribution in [0.25, 0.3) is 10.4 Å². The van der Waals surface area contributed by atoms with Crippen LogP contribution in [0, 0.1) is 0 Å². The van der Waals surface area contributed by atoms with Crippen molar-refractivity contribution in [2.75, 3.05) is 13.1 Å². The molecule has 1 saturated heterocycles. The number of rotatable bonds is 2. The SMILES string of the molecule is Oc1ccc(C2CNCC2c2ccc3cccsc2-3)cc1O. The van der Waals surface area contributed by atoms with Gasteiger partial charge in [0.05, 0.1) is 0 Å². The van der Waals surface area contributed by atoms with Gasteiger partial charge in [0.15, 0.2) is 11.5 Å². The molecule has 0 amide bonds. The van der Waals surface area contributed by atoms with E-state index in [-0.39, 0.29) is 11.5 Å². The van der Waals surface area contributed by atoms with Crippen molar-refractivity contribution in [1.82, 2.24) is 5.32 Å². The lowest BCUT2D eigenvalue weighted by Crippen LogP contribution is -2.08. The fourth-order valence-electron chi connectivity index (χ4n) is 3.43. The van der Waals surface area contributed by atoms with E-state index in [9.17, 15) is 10.2 Å². The van der Waals surface area contributed by atoms with Crippen LogP contribution in [0.4, 0.5) is 0 Å². The highest BCUT2D eigenvalue weighted by atomic mass is 32.1. The van der Waals surface area contributed by atoms with E-state index in [1.54, 1.807) is 23.5 Å². The van der Waals surface area contributed by atoms with E-state index in [1.807, 2.05) is 6.07 Å². The summed E-state index contributed by atoms with van der Waals surface area (Å²) < 4.78 is 0. The standard InChI is InChI=1S/C18H17NO2S/c20-16-6-4-12(8-17(16)21)14-9-19-10-15(14)13-5-3-11-2-1-7-22-18(11)13/h1-8,14-15,19-21H,9-10H2. The molecule has 0 bridgehead atoms. The van der Waals surface area contributed by atoms with E-state index in [1.165, 1.54) is 16.0 Å². The highest BCUT2D eigenvalue weighted by Gasteiger charge is 2.32. The summed E-state index contributed by atoms with van der Waals surface area (Å²) in [4.78, 5) is 1.35. The van der Waals surface area contributed by atoms with Crippen molar-refractivity contribution >= 4 is 11.3 Å². The van der Waals surface area contributed by atoms with Gasteiger partial charge in [-0.3, -0.25) is 0 Å². The van der Waals surface area contributed by atoms with Crippen molar-refractivity contribution in [1.29, 1.82) is 0 Å². The van der Waals surface area contributed by atoms with Gasteiger partial charge < -0.3 is 15.5 Å². The summed E-state index contributed by atoms with van der Waals surface area (Å²) in [6.07, 6.45) is 0. The van der Waals surface area contributed by atoms with Gasteiger partial charge in [-0.05, 0) is 34.2 Å². The Hall–Kier alpha value is -2.04. The van der Waals surface area contributed by atoms with Crippen molar-refractivity contribution in [3.8, 4) is 21.9 Å². The predicted molar refractivity (Wildman–Crippen MR) is 89.1 cm³/mol. The summed E-state index contributed by atoms with van der Waals surface area (Å²) in [5.74, 6) is 0.593. The van der Waals surface area contributed by atoms with Crippen LogP contribution in [0.3, 0.4) is 0 Å². The van der Waals surface area contributed by atoms with Crippen molar-refractivity contribution < 1.29 is 10.2 Å². The Morgan fingerprint density at radius 3 is 2.68 bits per heavy atom. The largest absolute Gasteiger partial charge is 0.504 e. The van der Waals surface area contributed by atoms with E-state index in [2.05, 4.69) is 35.0 Å². The van der Waals surface area contributed by atoms with Gasteiger partial charge in [-0.2, -0.15) is 0 Å². The molecule has 0 saturated carbocycles. The molecule has 0 aromatic heterocycles. The number of aromatic hydroxyl groups is 2. The molecule has 2 heterocycles. The Balaban J connectivity index is 1.73. The number of nitrogens with one attached hydrogen (secondary N) is 1. The van der Waals surface area contributed by atoms with E-state index >= 15 is 0 Å². The molecular formula is C18H17NO2S. The van der Waals surface area contributed by atoms with Gasteiger partial charge in [0, 0.05) is 29.8 Å². The maximum atomic E-state index is 9.78. The minimum Gasteiger partial charge on any atom is -0.504 e. The third kappa shape index (κ3) is 2.16. The first-order valence-electron chi connectivity index (χ1n) is 7.43. The van der Waals surface area contributed by atoms with Gasteiger partial charge >= 0.3 is 0 Å². The average Bonchev–Trinajstić information content (AvgIpc) is 3.16. The number of phenols is 2. The molecule has 1 aliphatic carbocycles. The zero-order valence-electron chi connectivity index (χ0n) is 12.0. The summed E-state index contributed by atoms with van der Waals surface area (Å²) in [5.41, 5.74) is 3.74. The van der Waals surface area contributed by atoms with Crippen LogP contribution >= 0.6 is 11.3 Å². The van der Waals surface area contributed by atoms with Crippen LogP contribution in [-0.4, -0.2) is 23.3 Å². The molecular weight excluding hydrogens is 294 g/mol. The topological polar surface area (TPSA) is 52.5 Å². The minimum absolute atomic E-state index is 0.0432. The monoisotopic (exact) mass is 311 g/mol. The van der Waals surface area contributed by atoms with E-state index in [0.717, 1.165) is 18.7 Å². The second kappa shape index (κ2) is 5.30. The van der Waals surface area contributed by atoms with Gasteiger partial charge in [-0.1, -0.05) is 30.3 Å². The summed E-state index contributed by atoms with van der Waals surface area (Å²) in [6.45, 7) is 1.83. The Bertz CT molecular complexity index is 782. The fraction of sp³-hybridized carbons (Fsp3) is 0.222. The maximum absolute atomic E-state index is 9.78. The second-order valence-electron chi connectivity index (χ2n) is 5.81. The van der Waals surface area contributed by atoms with Crippen LogP contribution < -0.4 is 5.32 Å². The molecule has 3 aliphatic rings. The van der Waals surface area contributed by atoms with E-state index < -0.39 is 0 Å². The first kappa shape index (κ1) is 13.6. The Labute approximate surface area is 133 Å². The zero-order valence-corrected chi connectivity index (χ0v) is 12.8. The Kier molecular flexibility index (Phi) is 3.28. The third-order valence-corrected chi connectivity index (χ3v) is 5.55. The molecule has 2 unspecified atom stereocenters. The van der Waals surface area contributed by atoms with Crippen molar-refractivity contribution in [3.05, 3.63) is 59.0 Å². The Morgan fingerprint density at radius 1 is 0.955 bits per heavy atom. The second-order valence-corrected chi connectivity index (χ2v) is 6.72. The number of hydrogen-bond donors (Lipinski definition) is 3. The lowest BCUT2D eigenvalue weighted by molar-refractivity contribution is 0.402. The number of phenolic OH excluding ortho intramolecular Hbond substituents is 2. The van der Waals surface area contributed by atoms with Crippen LogP contribution in [0.1, 0.15) is 23.0 Å². The Morgan fingerprint density at radius 2 is 1.82 bits per heavy atom. The van der Waals surface area contributed by atoms with Gasteiger partial charge in [0.25, 0.3) is 0 Å². The minimum atomic E-state index is -0.0627. The summed E-state index contributed by atoms with van der Waals surface area (Å²) in [6, 6.07) is 13.8. The molecule has 3 N–H and O–H groups in total. The fourth-order valence-corrected chi connectivity index (χ4v) is 4.35. The normalized spacial score (nSPS) is 21.5. The zero-order chi connectivity index (χ0) is 15.1. The van der Waals surface area contributed by atoms with Gasteiger partial charge in [0.1, 0.15) is 0 Å². The van der Waals surface area contributed by atoms with Crippen LogP contribution in [0.5, 0.6) is 11.5 Å². The molecule has 1 aromatic rings. The van der Waals surface area contributed by atoms with Crippen molar-refractivity contribution in [3.63, 3.8) is 0 Å². The number of hydrogen-bond acceptors (Lipinski definition) is 4. The smallest absolute Gasteiger partial charge is 0.157 e. The van der Waals surface area contributed by atoms with E-state index in [4.69, 9.17) is 0 Å². The summed E-state index contributed by atoms with van der Waals surface area (Å²) >= 11 is 1.78. The lowest BCUT2D eigenvalue weighted by Gasteiger charge is -2.20. The predicted octanol–water partition coefficient (Wildman–Crippen LogP) is 3.73. The molecule has 4 rings (SSSR count). The molecule has 112 valence electrons. The molecule has 22 heavy (non-hydrogen) atoms. The number of fused-ring (bicyclic) bond motifs is 1. The molecule has 4 heteroatoms. The van der Waals surface area contributed by atoms with Crippen LogP contribution in [-0.2, 0) is 0 Å². The molecule has 2 atom stereocenters. The van der Waals surface area contributed by atoms with Gasteiger partial charge in [-0.25, -0.2) is 0 Å². The molecule has 3 nitrogen and oxygen atoms in total. The molecule has 1 fully saturated rings. The number of benzene rings is 1. The summed E-state index contributed by atoms with van der Waals surface area (Å²) in [7, 11) is 0. The first-order chi connectivity index (χ1) is 10.7. The molecule has 1 aromatic carbocycles. The maximum Gasteiger partial charge on any atom is 0.157 e.